The average Bonchev–Trinajstić information content (AvgIpc) is 2.54. The zero-order chi connectivity index (χ0) is 17.5. The lowest BCUT2D eigenvalue weighted by Gasteiger charge is -2.11. The van der Waals surface area contributed by atoms with Gasteiger partial charge in [0.1, 0.15) is 0 Å². The molecule has 2 rings (SSSR count). The molecular weight excluding hydrogens is 302 g/mol. The first-order chi connectivity index (χ1) is 11.4. The number of hydrogen-bond acceptors (Lipinski definition) is 4. The van der Waals surface area contributed by atoms with Gasteiger partial charge in [0.15, 0.2) is 5.88 Å². The molecule has 0 heterocycles. The van der Waals surface area contributed by atoms with E-state index in [1.54, 1.807) is 12.1 Å². The van der Waals surface area contributed by atoms with E-state index in [1.165, 1.54) is 5.56 Å². The molecule has 2 aromatic rings. The number of anilines is 1. The first-order valence-electron chi connectivity index (χ1n) is 7.70. The Kier molecular flexibility index (Phi) is 5.98. The van der Waals surface area contributed by atoms with Crippen molar-refractivity contribution in [2.45, 2.75) is 13.1 Å². The van der Waals surface area contributed by atoms with Crippen LogP contribution in [-0.2, 0) is 13.1 Å². The molecule has 24 heavy (non-hydrogen) atoms. The fourth-order valence-electron chi connectivity index (χ4n) is 2.29. The van der Waals surface area contributed by atoms with Crippen LogP contribution >= 0.6 is 0 Å². The van der Waals surface area contributed by atoms with Crippen LogP contribution in [0.15, 0.2) is 61.0 Å². The van der Waals surface area contributed by atoms with E-state index in [2.05, 4.69) is 22.1 Å². The molecule has 5 nitrogen and oxygen atoms in total. The van der Waals surface area contributed by atoms with Crippen LogP contribution in [0, 0.1) is 0 Å². The molecule has 3 N–H and O–H groups in total. The maximum Gasteiger partial charge on any atom is 0.255 e. The van der Waals surface area contributed by atoms with Crippen LogP contribution in [0.2, 0.25) is 0 Å². The van der Waals surface area contributed by atoms with Gasteiger partial charge in [0.25, 0.3) is 5.91 Å². The number of aliphatic hydroxyl groups excluding tert-OH is 1. The molecule has 0 aromatic heterocycles. The normalized spacial score (nSPS) is 10.5. The number of benzene rings is 2. The van der Waals surface area contributed by atoms with Gasteiger partial charge in [-0.1, -0.05) is 24.3 Å². The molecule has 0 spiro atoms. The Morgan fingerprint density at radius 2 is 1.83 bits per heavy atom. The Hall–Kier alpha value is -2.79. The second-order valence-electron chi connectivity index (χ2n) is 5.89. The van der Waals surface area contributed by atoms with Gasteiger partial charge in [0, 0.05) is 24.3 Å². The van der Waals surface area contributed by atoms with Gasteiger partial charge < -0.3 is 20.6 Å². The van der Waals surface area contributed by atoms with Crippen LogP contribution < -0.4 is 10.6 Å². The Morgan fingerprint density at radius 1 is 1.12 bits per heavy atom. The van der Waals surface area contributed by atoms with Crippen molar-refractivity contribution in [2.75, 3.05) is 19.4 Å². The smallest absolute Gasteiger partial charge is 0.255 e. The summed E-state index contributed by atoms with van der Waals surface area (Å²) in [6, 6.07) is 15.0. The van der Waals surface area contributed by atoms with Crippen molar-refractivity contribution in [3.63, 3.8) is 0 Å². The first kappa shape index (κ1) is 17.6. The third-order valence-corrected chi connectivity index (χ3v) is 3.40. The average molecular weight is 325 g/mol. The number of carbonyl (C=O) groups excluding carboxylic acids is 1. The number of nitrogens with one attached hydrogen (secondary N) is 2. The summed E-state index contributed by atoms with van der Waals surface area (Å²) < 4.78 is 0. The van der Waals surface area contributed by atoms with E-state index >= 15 is 0 Å². The highest BCUT2D eigenvalue weighted by Crippen LogP contribution is 2.13. The fraction of sp³-hybridized carbons (Fsp3) is 0.211. The van der Waals surface area contributed by atoms with Crippen molar-refractivity contribution >= 4 is 11.6 Å². The summed E-state index contributed by atoms with van der Waals surface area (Å²) in [7, 11) is 4.04. The van der Waals surface area contributed by atoms with Gasteiger partial charge in [-0.05, 0) is 56.1 Å². The van der Waals surface area contributed by atoms with Crippen molar-refractivity contribution in [1.29, 1.82) is 0 Å². The molecule has 126 valence electrons. The van der Waals surface area contributed by atoms with E-state index in [0.717, 1.165) is 17.8 Å². The maximum absolute atomic E-state index is 12.4. The molecule has 0 saturated carbocycles. The Labute approximate surface area is 142 Å². The Bertz CT molecular complexity index is 709. The Morgan fingerprint density at radius 3 is 2.46 bits per heavy atom. The topological polar surface area (TPSA) is 64.6 Å². The maximum atomic E-state index is 12.4. The van der Waals surface area contributed by atoms with Gasteiger partial charge in [0.2, 0.25) is 0 Å². The lowest BCUT2D eigenvalue weighted by Crippen LogP contribution is -2.14. The molecule has 0 aliphatic rings. The molecule has 0 radical (unpaired) electrons. The van der Waals surface area contributed by atoms with Gasteiger partial charge in [-0.25, -0.2) is 0 Å². The van der Waals surface area contributed by atoms with Gasteiger partial charge in [-0.2, -0.15) is 0 Å². The number of hydrogen-bond donors (Lipinski definition) is 3. The number of carbonyl (C=O) groups is 1. The summed E-state index contributed by atoms with van der Waals surface area (Å²) in [4.78, 5) is 14.5. The number of nitrogens with zero attached hydrogens (tertiary/aromatic N) is 1. The van der Waals surface area contributed by atoms with E-state index in [4.69, 9.17) is 5.11 Å². The summed E-state index contributed by atoms with van der Waals surface area (Å²) in [5, 5.41) is 14.7. The monoisotopic (exact) mass is 325 g/mol. The third-order valence-electron chi connectivity index (χ3n) is 3.40. The number of amides is 1. The van der Waals surface area contributed by atoms with Crippen LogP contribution in [-0.4, -0.2) is 30.0 Å². The molecular formula is C19H23N3O2. The van der Waals surface area contributed by atoms with Crippen LogP contribution in [0.4, 0.5) is 5.69 Å². The quantitative estimate of drug-likeness (QED) is 0.684. The summed E-state index contributed by atoms with van der Waals surface area (Å²) >= 11 is 0. The Balaban J connectivity index is 2.01. The largest absolute Gasteiger partial charge is 0.495 e. The van der Waals surface area contributed by atoms with Crippen LogP contribution in [0.5, 0.6) is 0 Å². The van der Waals surface area contributed by atoms with Crippen molar-refractivity contribution < 1.29 is 9.90 Å². The molecule has 5 heteroatoms. The van der Waals surface area contributed by atoms with Crippen molar-refractivity contribution in [2.24, 2.45) is 0 Å². The van der Waals surface area contributed by atoms with Gasteiger partial charge in [0.05, 0.1) is 0 Å². The van der Waals surface area contributed by atoms with E-state index in [1.807, 2.05) is 50.5 Å². The summed E-state index contributed by atoms with van der Waals surface area (Å²) in [5.74, 6) is -0.261. The minimum absolute atomic E-state index is 0.0948. The molecule has 0 fully saturated rings. The molecule has 1 amide bonds. The standard InChI is InChI=1S/C19H23N3O2/c1-14(23)20-12-16-5-4-6-17(11-16)19(24)21-18-9-7-15(8-10-18)13-22(2)3/h4-11,20,23H,1,12-13H2,2-3H3,(H,21,24). The predicted octanol–water partition coefficient (Wildman–Crippen LogP) is 3.12. The van der Waals surface area contributed by atoms with E-state index in [-0.39, 0.29) is 11.8 Å². The molecule has 0 aliphatic carbocycles. The van der Waals surface area contributed by atoms with E-state index < -0.39 is 0 Å². The SMILES string of the molecule is C=C(O)NCc1cccc(C(=O)Nc2ccc(CN(C)C)cc2)c1. The van der Waals surface area contributed by atoms with Crippen LogP contribution in [0.25, 0.3) is 0 Å². The summed E-state index contributed by atoms with van der Waals surface area (Å²) in [6.07, 6.45) is 0. The molecule has 0 bridgehead atoms. The summed E-state index contributed by atoms with van der Waals surface area (Å²) in [6.45, 7) is 4.64. The van der Waals surface area contributed by atoms with Crippen LogP contribution in [0.1, 0.15) is 21.5 Å². The third kappa shape index (κ3) is 5.44. The van der Waals surface area contributed by atoms with Crippen molar-refractivity contribution in [3.8, 4) is 0 Å². The molecule has 0 unspecified atom stereocenters. The highest BCUT2D eigenvalue weighted by molar-refractivity contribution is 6.04. The van der Waals surface area contributed by atoms with Gasteiger partial charge in [-0.15, -0.1) is 0 Å². The van der Waals surface area contributed by atoms with Crippen LogP contribution in [0.3, 0.4) is 0 Å². The molecule has 0 aliphatic heterocycles. The second-order valence-corrected chi connectivity index (χ2v) is 5.89. The summed E-state index contributed by atoms with van der Waals surface area (Å²) in [5.41, 5.74) is 3.40. The fourth-order valence-corrected chi connectivity index (χ4v) is 2.29. The molecule has 0 atom stereocenters. The lowest BCUT2D eigenvalue weighted by molar-refractivity contribution is 0.102. The molecule has 0 saturated heterocycles. The minimum atomic E-state index is -0.167. The highest BCUT2D eigenvalue weighted by atomic mass is 16.3. The zero-order valence-corrected chi connectivity index (χ0v) is 14.0. The lowest BCUT2D eigenvalue weighted by atomic mass is 10.1. The van der Waals surface area contributed by atoms with Crippen molar-refractivity contribution in [1.82, 2.24) is 10.2 Å². The second kappa shape index (κ2) is 8.17. The van der Waals surface area contributed by atoms with Gasteiger partial charge in [-0.3, -0.25) is 4.79 Å². The van der Waals surface area contributed by atoms with Crippen molar-refractivity contribution in [3.05, 3.63) is 77.7 Å². The number of aliphatic hydroxyl groups is 1. The van der Waals surface area contributed by atoms with E-state index in [0.29, 0.717) is 12.1 Å². The zero-order valence-electron chi connectivity index (χ0n) is 14.0. The highest BCUT2D eigenvalue weighted by Gasteiger charge is 2.07. The first-order valence-corrected chi connectivity index (χ1v) is 7.70. The van der Waals surface area contributed by atoms with E-state index in [9.17, 15) is 4.79 Å². The number of rotatable bonds is 7. The molecule has 2 aromatic carbocycles. The van der Waals surface area contributed by atoms with Gasteiger partial charge >= 0.3 is 0 Å². The minimum Gasteiger partial charge on any atom is -0.495 e. The predicted molar refractivity (Wildman–Crippen MR) is 96.8 cm³/mol.